The fourth-order valence-electron chi connectivity index (χ4n) is 2.28. The number of fused-ring (bicyclic) bond motifs is 1. The Kier molecular flexibility index (Phi) is 6.54. The largest absolute Gasteiger partial charge is 0.496 e. The SMILES string of the molecule is CC[C@@H](C)NC(=O)NC(=O)COC(=O)c1cc2ccccc2cc1OC. The van der Waals surface area contributed by atoms with Crippen molar-refractivity contribution in [2.45, 2.75) is 26.3 Å². The van der Waals surface area contributed by atoms with Crippen molar-refractivity contribution >= 4 is 28.7 Å². The molecule has 0 aromatic heterocycles. The number of carbonyl (C=O) groups is 3. The first-order chi connectivity index (χ1) is 12.4. The Balaban J connectivity index is 2.00. The van der Waals surface area contributed by atoms with E-state index in [4.69, 9.17) is 9.47 Å². The first kappa shape index (κ1) is 19.2. The number of esters is 1. The molecule has 0 fully saturated rings. The highest BCUT2D eigenvalue weighted by molar-refractivity contribution is 6.00. The number of rotatable bonds is 6. The van der Waals surface area contributed by atoms with Crippen LogP contribution in [0.15, 0.2) is 36.4 Å². The van der Waals surface area contributed by atoms with Crippen LogP contribution in [-0.4, -0.2) is 37.7 Å². The fraction of sp³-hybridized carbons (Fsp3) is 0.316. The lowest BCUT2D eigenvalue weighted by atomic mass is 10.1. The quantitative estimate of drug-likeness (QED) is 0.774. The molecule has 0 heterocycles. The second-order valence-corrected chi connectivity index (χ2v) is 5.81. The highest BCUT2D eigenvalue weighted by Crippen LogP contribution is 2.26. The summed E-state index contributed by atoms with van der Waals surface area (Å²) < 4.78 is 10.2. The van der Waals surface area contributed by atoms with Gasteiger partial charge >= 0.3 is 12.0 Å². The predicted molar refractivity (Wildman–Crippen MR) is 97.2 cm³/mol. The van der Waals surface area contributed by atoms with Crippen LogP contribution in [-0.2, 0) is 9.53 Å². The normalized spacial score (nSPS) is 11.5. The van der Waals surface area contributed by atoms with Gasteiger partial charge in [0.1, 0.15) is 11.3 Å². The van der Waals surface area contributed by atoms with Crippen molar-refractivity contribution in [1.29, 1.82) is 0 Å². The van der Waals surface area contributed by atoms with E-state index in [0.717, 1.165) is 17.2 Å². The zero-order valence-corrected chi connectivity index (χ0v) is 15.0. The number of amides is 3. The van der Waals surface area contributed by atoms with Crippen LogP contribution in [0.5, 0.6) is 5.75 Å². The van der Waals surface area contributed by atoms with E-state index in [2.05, 4.69) is 10.6 Å². The summed E-state index contributed by atoms with van der Waals surface area (Å²) in [5.74, 6) is -1.06. The molecule has 7 heteroatoms. The molecule has 3 amide bonds. The van der Waals surface area contributed by atoms with Gasteiger partial charge in [-0.25, -0.2) is 9.59 Å². The van der Waals surface area contributed by atoms with Crippen molar-refractivity contribution < 1.29 is 23.9 Å². The number of imide groups is 1. The van der Waals surface area contributed by atoms with E-state index in [1.54, 1.807) is 12.1 Å². The second kappa shape index (κ2) is 8.84. The smallest absolute Gasteiger partial charge is 0.342 e. The molecule has 2 aromatic rings. The van der Waals surface area contributed by atoms with Crippen LogP contribution < -0.4 is 15.4 Å². The van der Waals surface area contributed by atoms with Gasteiger partial charge < -0.3 is 14.8 Å². The molecule has 2 N–H and O–H groups in total. The van der Waals surface area contributed by atoms with Gasteiger partial charge in [0, 0.05) is 6.04 Å². The average molecular weight is 358 g/mol. The lowest BCUT2D eigenvalue weighted by Crippen LogP contribution is -2.44. The molecular formula is C19H22N2O5. The van der Waals surface area contributed by atoms with Gasteiger partial charge in [0.2, 0.25) is 0 Å². The summed E-state index contributed by atoms with van der Waals surface area (Å²) in [4.78, 5) is 35.6. The Morgan fingerprint density at radius 3 is 2.38 bits per heavy atom. The Labute approximate surface area is 151 Å². The lowest BCUT2D eigenvalue weighted by Gasteiger charge is -2.12. The summed E-state index contributed by atoms with van der Waals surface area (Å²) in [6.07, 6.45) is 0.734. The van der Waals surface area contributed by atoms with Gasteiger partial charge in [-0.1, -0.05) is 31.2 Å². The number of nitrogens with one attached hydrogen (secondary N) is 2. The molecule has 2 aromatic carbocycles. The Hall–Kier alpha value is -3.09. The van der Waals surface area contributed by atoms with Gasteiger partial charge in [-0.15, -0.1) is 0 Å². The van der Waals surface area contributed by atoms with Crippen LogP contribution in [0.1, 0.15) is 30.6 Å². The predicted octanol–water partition coefficient (Wildman–Crippen LogP) is 2.63. The van der Waals surface area contributed by atoms with Gasteiger partial charge in [-0.2, -0.15) is 0 Å². The third kappa shape index (κ3) is 4.95. The average Bonchev–Trinajstić information content (AvgIpc) is 2.64. The number of carbonyl (C=O) groups excluding carboxylic acids is 3. The molecule has 0 aliphatic heterocycles. The summed E-state index contributed by atoms with van der Waals surface area (Å²) >= 11 is 0. The van der Waals surface area contributed by atoms with Gasteiger partial charge in [0.15, 0.2) is 6.61 Å². The molecule has 7 nitrogen and oxygen atoms in total. The first-order valence-electron chi connectivity index (χ1n) is 8.28. The molecule has 1 atom stereocenters. The van der Waals surface area contributed by atoms with E-state index in [-0.39, 0.29) is 11.6 Å². The molecule has 0 unspecified atom stereocenters. The number of methoxy groups -OCH3 is 1. The summed E-state index contributed by atoms with van der Waals surface area (Å²) in [7, 11) is 1.45. The van der Waals surface area contributed by atoms with Crippen LogP contribution in [0.4, 0.5) is 4.79 Å². The highest BCUT2D eigenvalue weighted by atomic mass is 16.5. The molecule has 0 spiro atoms. The minimum Gasteiger partial charge on any atom is -0.496 e. The molecule has 2 rings (SSSR count). The van der Waals surface area contributed by atoms with Crippen LogP contribution in [0, 0.1) is 0 Å². The zero-order chi connectivity index (χ0) is 19.1. The van der Waals surface area contributed by atoms with Crippen LogP contribution in [0.3, 0.4) is 0 Å². The molecule has 0 aliphatic rings. The van der Waals surface area contributed by atoms with Crippen molar-refractivity contribution in [3.8, 4) is 5.75 Å². The molecule has 0 bridgehead atoms. The third-order valence-corrected chi connectivity index (χ3v) is 3.86. The van der Waals surface area contributed by atoms with Crippen molar-refractivity contribution in [2.24, 2.45) is 0 Å². The third-order valence-electron chi connectivity index (χ3n) is 3.86. The lowest BCUT2D eigenvalue weighted by molar-refractivity contribution is -0.123. The van der Waals surface area contributed by atoms with Gasteiger partial charge in [0.05, 0.1) is 7.11 Å². The maximum absolute atomic E-state index is 12.3. The van der Waals surface area contributed by atoms with E-state index >= 15 is 0 Å². The monoisotopic (exact) mass is 358 g/mol. The van der Waals surface area contributed by atoms with E-state index in [1.165, 1.54) is 7.11 Å². The van der Waals surface area contributed by atoms with E-state index in [1.807, 2.05) is 38.1 Å². The second-order valence-electron chi connectivity index (χ2n) is 5.81. The molecule has 0 saturated heterocycles. The Morgan fingerprint density at radius 2 is 1.77 bits per heavy atom. The van der Waals surface area contributed by atoms with Crippen molar-refractivity contribution in [3.05, 3.63) is 42.0 Å². The summed E-state index contributed by atoms with van der Waals surface area (Å²) in [6, 6.07) is 10.2. The van der Waals surface area contributed by atoms with Crippen molar-refractivity contribution in [3.63, 3.8) is 0 Å². The number of ether oxygens (including phenoxy) is 2. The Bertz CT molecular complexity index is 819. The number of hydrogen-bond acceptors (Lipinski definition) is 5. The molecular weight excluding hydrogens is 336 g/mol. The number of benzene rings is 2. The van der Waals surface area contributed by atoms with E-state index < -0.39 is 24.5 Å². The summed E-state index contributed by atoms with van der Waals surface area (Å²) in [5.41, 5.74) is 0.211. The molecule has 138 valence electrons. The fourth-order valence-corrected chi connectivity index (χ4v) is 2.28. The minimum atomic E-state index is -0.709. The van der Waals surface area contributed by atoms with Crippen LogP contribution in [0.2, 0.25) is 0 Å². The molecule has 0 radical (unpaired) electrons. The molecule has 26 heavy (non-hydrogen) atoms. The standard InChI is InChI=1S/C19H22N2O5/c1-4-12(2)20-19(24)21-17(22)11-26-18(23)15-9-13-7-5-6-8-14(13)10-16(15)25-3/h5-10,12H,4,11H2,1-3H3,(H2,20,21,22,24)/t12-/m1/s1. The first-order valence-corrected chi connectivity index (χ1v) is 8.28. The topological polar surface area (TPSA) is 93.7 Å². The molecule has 0 aliphatic carbocycles. The van der Waals surface area contributed by atoms with Gasteiger partial charge in [-0.05, 0) is 36.2 Å². The van der Waals surface area contributed by atoms with Crippen LogP contribution in [0.25, 0.3) is 10.8 Å². The maximum Gasteiger partial charge on any atom is 0.342 e. The highest BCUT2D eigenvalue weighted by Gasteiger charge is 2.17. The Morgan fingerprint density at radius 1 is 1.12 bits per heavy atom. The van der Waals surface area contributed by atoms with E-state index in [0.29, 0.717) is 5.75 Å². The number of urea groups is 1. The van der Waals surface area contributed by atoms with Gasteiger partial charge in [0.25, 0.3) is 5.91 Å². The summed E-state index contributed by atoms with van der Waals surface area (Å²) in [5, 5.41) is 6.46. The number of hydrogen-bond donors (Lipinski definition) is 2. The molecule has 0 saturated carbocycles. The summed E-state index contributed by atoms with van der Waals surface area (Å²) in [6.45, 7) is 3.16. The maximum atomic E-state index is 12.3. The van der Waals surface area contributed by atoms with Crippen LogP contribution >= 0.6 is 0 Å². The van der Waals surface area contributed by atoms with E-state index in [9.17, 15) is 14.4 Å². The minimum absolute atomic E-state index is 0.0628. The van der Waals surface area contributed by atoms with Crippen molar-refractivity contribution in [1.82, 2.24) is 10.6 Å². The van der Waals surface area contributed by atoms with Gasteiger partial charge in [-0.3, -0.25) is 10.1 Å². The zero-order valence-electron chi connectivity index (χ0n) is 15.0. The van der Waals surface area contributed by atoms with Crippen molar-refractivity contribution in [2.75, 3.05) is 13.7 Å².